The molecule has 0 aromatic heterocycles. The topological polar surface area (TPSA) is 46.6 Å². The molecule has 2 aliphatic rings. The first-order valence-electron chi connectivity index (χ1n) is 8.03. The van der Waals surface area contributed by atoms with Gasteiger partial charge in [0, 0.05) is 12.1 Å². The van der Waals surface area contributed by atoms with Crippen molar-refractivity contribution in [3.8, 4) is 0 Å². The molecule has 0 N–H and O–H groups in total. The zero-order chi connectivity index (χ0) is 15.4. The first-order valence-corrected chi connectivity index (χ1v) is 9.08. The average molecular weight is 313 g/mol. The summed E-state index contributed by atoms with van der Waals surface area (Å²) in [5.74, 6) is 1.14. The van der Waals surface area contributed by atoms with Crippen molar-refractivity contribution >= 4 is 23.6 Å². The second-order valence-electron chi connectivity index (χ2n) is 6.42. The molecule has 2 aliphatic carbocycles. The molecule has 0 saturated heterocycles. The van der Waals surface area contributed by atoms with Gasteiger partial charge in [-0.15, -0.1) is 11.8 Å². The third-order valence-electron chi connectivity index (χ3n) is 4.60. The maximum atomic E-state index is 12.6. The van der Waals surface area contributed by atoms with E-state index in [9.17, 15) is 9.59 Å². The molecule has 0 radical (unpaired) electrons. The van der Waals surface area contributed by atoms with E-state index >= 15 is 0 Å². The fourth-order valence-corrected chi connectivity index (χ4v) is 3.86. The highest BCUT2D eigenvalue weighted by atomic mass is 32.2. The Kier molecular flexibility index (Phi) is 5.97. The summed E-state index contributed by atoms with van der Waals surface area (Å²) in [4.78, 5) is 26.1. The Morgan fingerprint density at radius 1 is 1.14 bits per heavy atom. The van der Waals surface area contributed by atoms with Crippen molar-refractivity contribution in [1.29, 1.82) is 0 Å². The molecule has 5 heteroatoms. The van der Waals surface area contributed by atoms with Gasteiger partial charge in [-0.1, -0.05) is 6.92 Å². The molecular weight excluding hydrogens is 286 g/mol. The molecule has 1 atom stereocenters. The Bertz CT molecular complexity index is 376. The van der Waals surface area contributed by atoms with Gasteiger partial charge in [0.25, 0.3) is 0 Å². The summed E-state index contributed by atoms with van der Waals surface area (Å²) < 4.78 is 4.71. The minimum Gasteiger partial charge on any atom is -0.468 e. The number of carbonyl (C=O) groups is 2. The lowest BCUT2D eigenvalue weighted by Crippen LogP contribution is -2.44. The van der Waals surface area contributed by atoms with Gasteiger partial charge in [0.1, 0.15) is 5.25 Å². The van der Waals surface area contributed by atoms with Crippen LogP contribution >= 0.6 is 11.8 Å². The summed E-state index contributed by atoms with van der Waals surface area (Å²) in [6.45, 7) is 4.10. The van der Waals surface area contributed by atoms with E-state index in [1.54, 1.807) is 6.92 Å². The summed E-state index contributed by atoms with van der Waals surface area (Å²) in [6, 6.07) is 0.889. The number of rotatable bonds is 6. The number of ether oxygens (including phenoxy) is 1. The minimum absolute atomic E-state index is 0.206. The van der Waals surface area contributed by atoms with Crippen molar-refractivity contribution < 1.29 is 14.3 Å². The van der Waals surface area contributed by atoms with E-state index in [1.807, 2.05) is 0 Å². The molecule has 2 saturated carbocycles. The average Bonchev–Trinajstić information content (AvgIpc) is 3.30. The highest BCUT2D eigenvalue weighted by molar-refractivity contribution is 8.01. The molecule has 120 valence electrons. The van der Waals surface area contributed by atoms with E-state index < -0.39 is 0 Å². The standard InChI is InChI=1S/C16H27NO3S/c1-11-4-6-13(7-5-11)17(14-8-9-14)15(18)10-21-12(2)16(19)20-3/h11-14H,4-10H2,1-3H3. The van der Waals surface area contributed by atoms with Gasteiger partial charge in [0.2, 0.25) is 5.91 Å². The monoisotopic (exact) mass is 313 g/mol. The minimum atomic E-state index is -0.272. The van der Waals surface area contributed by atoms with Crippen LogP contribution in [-0.2, 0) is 14.3 Å². The van der Waals surface area contributed by atoms with E-state index in [4.69, 9.17) is 4.74 Å². The molecule has 0 bridgehead atoms. The molecule has 1 amide bonds. The third kappa shape index (κ3) is 4.63. The van der Waals surface area contributed by atoms with E-state index in [1.165, 1.54) is 31.7 Å². The number of amides is 1. The molecule has 2 fully saturated rings. The molecule has 0 aromatic rings. The summed E-state index contributed by atoms with van der Waals surface area (Å²) in [6.07, 6.45) is 7.03. The number of hydrogen-bond donors (Lipinski definition) is 0. The number of esters is 1. The van der Waals surface area contributed by atoms with E-state index in [0.717, 1.165) is 31.6 Å². The van der Waals surface area contributed by atoms with Gasteiger partial charge in [-0.25, -0.2) is 0 Å². The van der Waals surface area contributed by atoms with Gasteiger partial charge in [0.15, 0.2) is 0 Å². The fourth-order valence-electron chi connectivity index (χ4n) is 3.08. The first-order chi connectivity index (χ1) is 10.0. The summed E-state index contributed by atoms with van der Waals surface area (Å²) in [7, 11) is 1.39. The second-order valence-corrected chi connectivity index (χ2v) is 7.75. The summed E-state index contributed by atoms with van der Waals surface area (Å²) >= 11 is 1.39. The van der Waals surface area contributed by atoms with Gasteiger partial charge < -0.3 is 9.64 Å². The third-order valence-corrected chi connectivity index (χ3v) is 5.70. The highest BCUT2D eigenvalue weighted by Crippen LogP contribution is 2.35. The molecule has 0 aromatic carbocycles. The van der Waals surface area contributed by atoms with Crippen molar-refractivity contribution in [3.63, 3.8) is 0 Å². The second kappa shape index (κ2) is 7.52. The molecular formula is C16H27NO3S. The molecule has 2 rings (SSSR count). The van der Waals surface area contributed by atoms with Crippen LogP contribution < -0.4 is 0 Å². The van der Waals surface area contributed by atoms with E-state index in [-0.39, 0.29) is 17.1 Å². The van der Waals surface area contributed by atoms with Gasteiger partial charge in [0.05, 0.1) is 12.9 Å². The van der Waals surface area contributed by atoms with Crippen molar-refractivity contribution in [2.75, 3.05) is 12.9 Å². The quantitative estimate of drug-likeness (QED) is 0.707. The SMILES string of the molecule is COC(=O)C(C)SCC(=O)N(C1CCC(C)CC1)C1CC1. The largest absolute Gasteiger partial charge is 0.468 e. The predicted molar refractivity (Wildman–Crippen MR) is 85.2 cm³/mol. The number of thioether (sulfide) groups is 1. The van der Waals surface area contributed by atoms with Crippen LogP contribution in [0.1, 0.15) is 52.4 Å². The maximum Gasteiger partial charge on any atom is 0.318 e. The summed E-state index contributed by atoms with van der Waals surface area (Å²) in [5, 5.41) is -0.272. The number of nitrogens with zero attached hydrogens (tertiary/aromatic N) is 1. The van der Waals surface area contributed by atoms with Crippen LogP contribution in [0.5, 0.6) is 0 Å². The fraction of sp³-hybridized carbons (Fsp3) is 0.875. The van der Waals surface area contributed by atoms with E-state index in [0.29, 0.717) is 17.8 Å². The van der Waals surface area contributed by atoms with Crippen molar-refractivity contribution in [2.45, 2.75) is 69.7 Å². The number of carbonyl (C=O) groups excluding carboxylic acids is 2. The molecule has 0 spiro atoms. The molecule has 4 nitrogen and oxygen atoms in total. The Labute approximate surface area is 132 Å². The highest BCUT2D eigenvalue weighted by Gasteiger charge is 2.38. The Hall–Kier alpha value is -0.710. The zero-order valence-corrected chi connectivity index (χ0v) is 14.2. The van der Waals surface area contributed by atoms with Crippen molar-refractivity contribution in [3.05, 3.63) is 0 Å². The Morgan fingerprint density at radius 2 is 1.67 bits per heavy atom. The van der Waals surface area contributed by atoms with Gasteiger partial charge in [-0.2, -0.15) is 0 Å². The maximum absolute atomic E-state index is 12.6. The Balaban J connectivity index is 1.86. The van der Waals surface area contributed by atoms with Crippen LogP contribution in [0.4, 0.5) is 0 Å². The molecule has 1 unspecified atom stereocenters. The summed E-state index contributed by atoms with van der Waals surface area (Å²) in [5.41, 5.74) is 0. The number of hydrogen-bond acceptors (Lipinski definition) is 4. The van der Waals surface area contributed by atoms with Crippen LogP contribution in [0.15, 0.2) is 0 Å². The number of methoxy groups -OCH3 is 1. The van der Waals surface area contributed by atoms with Crippen molar-refractivity contribution in [1.82, 2.24) is 4.90 Å². The molecule has 0 aliphatic heterocycles. The van der Waals surface area contributed by atoms with Crippen LogP contribution in [0.2, 0.25) is 0 Å². The van der Waals surface area contributed by atoms with E-state index in [2.05, 4.69) is 11.8 Å². The van der Waals surface area contributed by atoms with Crippen LogP contribution in [-0.4, -0.2) is 47.0 Å². The van der Waals surface area contributed by atoms with Gasteiger partial charge in [-0.05, 0) is 51.4 Å². The Morgan fingerprint density at radius 3 is 2.14 bits per heavy atom. The van der Waals surface area contributed by atoms with Gasteiger partial charge in [-0.3, -0.25) is 9.59 Å². The first kappa shape index (κ1) is 16.7. The lowest BCUT2D eigenvalue weighted by atomic mass is 9.86. The van der Waals surface area contributed by atoms with Crippen LogP contribution in [0, 0.1) is 5.92 Å². The zero-order valence-electron chi connectivity index (χ0n) is 13.3. The molecule has 21 heavy (non-hydrogen) atoms. The van der Waals surface area contributed by atoms with Crippen molar-refractivity contribution in [2.24, 2.45) is 5.92 Å². The lowest BCUT2D eigenvalue weighted by Gasteiger charge is -2.36. The van der Waals surface area contributed by atoms with Gasteiger partial charge >= 0.3 is 5.97 Å². The molecule has 0 heterocycles. The normalized spacial score (nSPS) is 27.0. The van der Waals surface area contributed by atoms with Crippen LogP contribution in [0.3, 0.4) is 0 Å². The van der Waals surface area contributed by atoms with Crippen LogP contribution in [0.25, 0.3) is 0 Å². The lowest BCUT2D eigenvalue weighted by molar-refractivity contribution is -0.139. The predicted octanol–water partition coefficient (Wildman–Crippen LogP) is 2.85. The smallest absolute Gasteiger partial charge is 0.318 e.